The topological polar surface area (TPSA) is 47.2 Å². The first-order valence-corrected chi connectivity index (χ1v) is 11.3. The zero-order chi connectivity index (χ0) is 23.8. The molecule has 3 aromatic rings. The zero-order valence-electron chi connectivity index (χ0n) is 19.2. The first-order valence-electron chi connectivity index (χ1n) is 11.3. The second kappa shape index (κ2) is 9.06. The molecule has 0 atom stereocenters. The third kappa shape index (κ3) is 4.83. The van der Waals surface area contributed by atoms with E-state index in [1.807, 2.05) is 32.0 Å². The first kappa shape index (κ1) is 23.1. The van der Waals surface area contributed by atoms with Crippen molar-refractivity contribution < 1.29 is 8.78 Å². The molecule has 0 spiro atoms. The van der Waals surface area contributed by atoms with Crippen molar-refractivity contribution in [2.24, 2.45) is 0 Å². The minimum absolute atomic E-state index is 0.0475. The molecule has 33 heavy (non-hydrogen) atoms. The summed E-state index contributed by atoms with van der Waals surface area (Å²) >= 11 is 0. The van der Waals surface area contributed by atoms with Gasteiger partial charge in [0.25, 0.3) is 11.5 Å². The van der Waals surface area contributed by atoms with E-state index in [9.17, 15) is 18.4 Å². The summed E-state index contributed by atoms with van der Waals surface area (Å²) in [5.74, 6) is -2.94. The van der Waals surface area contributed by atoms with Crippen molar-refractivity contribution in [3.05, 3.63) is 103 Å². The smallest absolute Gasteiger partial charge is 0.295 e. The molecule has 0 unspecified atom stereocenters. The Kier molecular flexibility index (Phi) is 6.34. The van der Waals surface area contributed by atoms with Gasteiger partial charge in [-0.3, -0.25) is 18.8 Å². The van der Waals surface area contributed by atoms with Crippen molar-refractivity contribution in [1.29, 1.82) is 0 Å². The molecule has 5 nitrogen and oxygen atoms in total. The monoisotopic (exact) mass is 453 g/mol. The third-order valence-corrected chi connectivity index (χ3v) is 6.19. The average molecular weight is 454 g/mol. The molecule has 2 aromatic carbocycles. The largest absolute Gasteiger partial charge is 0.331 e. The van der Waals surface area contributed by atoms with Crippen LogP contribution in [0.1, 0.15) is 54.8 Å². The molecular formula is C26H29F2N3O2. The normalized spacial score (nSPS) is 14.5. The van der Waals surface area contributed by atoms with Crippen LogP contribution in [0, 0.1) is 0 Å². The number of rotatable bonds is 6. The van der Waals surface area contributed by atoms with Crippen LogP contribution in [0.3, 0.4) is 0 Å². The lowest BCUT2D eigenvalue weighted by molar-refractivity contribution is 0.0174. The molecule has 0 radical (unpaired) electrons. The number of halogens is 2. The van der Waals surface area contributed by atoms with Crippen LogP contribution in [-0.2, 0) is 32.0 Å². The fourth-order valence-electron chi connectivity index (χ4n) is 4.49. The van der Waals surface area contributed by atoms with E-state index < -0.39 is 5.92 Å². The van der Waals surface area contributed by atoms with Crippen molar-refractivity contribution in [3.63, 3.8) is 0 Å². The Morgan fingerprint density at radius 1 is 0.939 bits per heavy atom. The SMILES string of the molecule is CC(C)n1c2c(c(=O)n(Cc3ccc(C(C)(F)F)cc3)c1=O)CN(Cc1ccccc1)CC2. The van der Waals surface area contributed by atoms with Crippen LogP contribution in [0.25, 0.3) is 0 Å². The Bertz CT molecular complexity index is 1240. The van der Waals surface area contributed by atoms with E-state index in [1.165, 1.54) is 22.3 Å². The molecule has 0 saturated carbocycles. The van der Waals surface area contributed by atoms with E-state index >= 15 is 0 Å². The van der Waals surface area contributed by atoms with Crippen molar-refractivity contribution >= 4 is 0 Å². The molecular weight excluding hydrogens is 424 g/mol. The Hall–Kier alpha value is -3.06. The maximum atomic E-state index is 13.6. The van der Waals surface area contributed by atoms with Gasteiger partial charge in [0, 0.05) is 50.3 Å². The molecule has 0 aliphatic carbocycles. The molecule has 0 fully saturated rings. The van der Waals surface area contributed by atoms with Gasteiger partial charge in [-0.25, -0.2) is 13.6 Å². The number of hydrogen-bond acceptors (Lipinski definition) is 3. The van der Waals surface area contributed by atoms with Gasteiger partial charge in [-0.1, -0.05) is 54.6 Å². The van der Waals surface area contributed by atoms with E-state index in [1.54, 1.807) is 16.7 Å². The van der Waals surface area contributed by atoms with Gasteiger partial charge in [0.05, 0.1) is 12.1 Å². The molecule has 174 valence electrons. The average Bonchev–Trinajstić information content (AvgIpc) is 2.77. The van der Waals surface area contributed by atoms with Crippen molar-refractivity contribution in [3.8, 4) is 0 Å². The highest BCUT2D eigenvalue weighted by Crippen LogP contribution is 2.27. The van der Waals surface area contributed by atoms with Gasteiger partial charge in [0.2, 0.25) is 0 Å². The van der Waals surface area contributed by atoms with Crippen molar-refractivity contribution in [1.82, 2.24) is 14.0 Å². The molecule has 7 heteroatoms. The van der Waals surface area contributed by atoms with Crippen LogP contribution in [0.4, 0.5) is 8.78 Å². The Balaban J connectivity index is 1.70. The Morgan fingerprint density at radius 2 is 1.58 bits per heavy atom. The lowest BCUT2D eigenvalue weighted by atomic mass is 10.0. The molecule has 0 saturated heterocycles. The maximum Gasteiger partial charge on any atom is 0.331 e. The van der Waals surface area contributed by atoms with E-state index in [4.69, 9.17) is 0 Å². The summed E-state index contributed by atoms with van der Waals surface area (Å²) in [5.41, 5.74) is 2.51. The van der Waals surface area contributed by atoms with E-state index in [-0.39, 0.29) is 29.4 Å². The molecule has 1 aliphatic heterocycles. The first-order chi connectivity index (χ1) is 15.6. The summed E-state index contributed by atoms with van der Waals surface area (Å²) in [6.45, 7) is 6.73. The lowest BCUT2D eigenvalue weighted by Crippen LogP contribution is -2.48. The van der Waals surface area contributed by atoms with Crippen LogP contribution in [-0.4, -0.2) is 20.6 Å². The van der Waals surface area contributed by atoms with Gasteiger partial charge in [-0.2, -0.15) is 0 Å². The van der Waals surface area contributed by atoms with Crippen LogP contribution < -0.4 is 11.2 Å². The third-order valence-electron chi connectivity index (χ3n) is 6.19. The van der Waals surface area contributed by atoms with Gasteiger partial charge in [-0.15, -0.1) is 0 Å². The lowest BCUT2D eigenvalue weighted by Gasteiger charge is -2.31. The predicted molar refractivity (Wildman–Crippen MR) is 125 cm³/mol. The second-order valence-corrected chi connectivity index (χ2v) is 9.09. The number of hydrogen-bond donors (Lipinski definition) is 0. The van der Waals surface area contributed by atoms with Gasteiger partial charge in [0.1, 0.15) is 0 Å². The fourth-order valence-corrected chi connectivity index (χ4v) is 4.49. The van der Waals surface area contributed by atoms with Gasteiger partial charge in [0.15, 0.2) is 0 Å². The summed E-state index contributed by atoms with van der Waals surface area (Å²) < 4.78 is 30.1. The molecule has 0 bridgehead atoms. The predicted octanol–water partition coefficient (Wildman–Crippen LogP) is 4.31. The quantitative estimate of drug-likeness (QED) is 0.559. The zero-order valence-corrected chi connectivity index (χ0v) is 19.2. The summed E-state index contributed by atoms with van der Waals surface area (Å²) in [6.07, 6.45) is 0.631. The second-order valence-electron chi connectivity index (χ2n) is 9.09. The van der Waals surface area contributed by atoms with Crippen molar-refractivity contribution in [2.75, 3.05) is 6.54 Å². The highest BCUT2D eigenvalue weighted by atomic mass is 19.3. The molecule has 2 heterocycles. The summed E-state index contributed by atoms with van der Waals surface area (Å²) in [7, 11) is 0. The number of nitrogens with zero attached hydrogens (tertiary/aromatic N) is 3. The van der Waals surface area contributed by atoms with E-state index in [2.05, 4.69) is 17.0 Å². The van der Waals surface area contributed by atoms with Gasteiger partial charge < -0.3 is 0 Å². The highest BCUT2D eigenvalue weighted by molar-refractivity contribution is 5.27. The van der Waals surface area contributed by atoms with Crippen molar-refractivity contribution in [2.45, 2.75) is 58.8 Å². The Morgan fingerprint density at radius 3 is 2.18 bits per heavy atom. The minimum Gasteiger partial charge on any atom is -0.295 e. The molecule has 1 aliphatic rings. The summed E-state index contributed by atoms with van der Waals surface area (Å²) in [5, 5.41) is 0. The molecule has 0 amide bonds. The number of benzene rings is 2. The molecule has 4 rings (SSSR count). The summed E-state index contributed by atoms with van der Waals surface area (Å²) in [6, 6.07) is 15.8. The standard InChI is InChI=1S/C26H29F2N3O2/c1-18(2)31-23-13-14-29(15-19-7-5-4-6-8-19)17-22(23)24(32)30(25(31)33)16-20-9-11-21(12-10-20)26(3,27)28/h4-12,18H,13-17H2,1-3H3. The van der Waals surface area contributed by atoms with E-state index in [0.717, 1.165) is 25.7 Å². The molecule has 0 N–H and O–H groups in total. The fraction of sp³-hybridized carbons (Fsp3) is 0.385. The molecule has 1 aromatic heterocycles. The maximum absolute atomic E-state index is 13.6. The summed E-state index contributed by atoms with van der Waals surface area (Å²) in [4.78, 5) is 29.0. The van der Waals surface area contributed by atoms with Crippen LogP contribution in [0.2, 0.25) is 0 Å². The number of alkyl halides is 2. The van der Waals surface area contributed by atoms with E-state index in [0.29, 0.717) is 24.1 Å². The number of fused-ring (bicyclic) bond motifs is 1. The highest BCUT2D eigenvalue weighted by Gasteiger charge is 2.27. The van der Waals surface area contributed by atoms with Crippen LogP contribution >= 0.6 is 0 Å². The van der Waals surface area contributed by atoms with Gasteiger partial charge in [-0.05, 0) is 25.0 Å². The van der Waals surface area contributed by atoms with Crippen LogP contribution in [0.15, 0.2) is 64.2 Å². The minimum atomic E-state index is -2.94. The number of aromatic nitrogens is 2. The van der Waals surface area contributed by atoms with Crippen LogP contribution in [0.5, 0.6) is 0 Å². The van der Waals surface area contributed by atoms with Gasteiger partial charge >= 0.3 is 5.69 Å². The Labute approximate surface area is 191 Å².